The number of methoxy groups -OCH3 is 2. The van der Waals surface area contributed by atoms with Gasteiger partial charge in [0.1, 0.15) is 29.6 Å². The van der Waals surface area contributed by atoms with Crippen molar-refractivity contribution in [1.29, 1.82) is 0 Å². The Morgan fingerprint density at radius 3 is 2.00 bits per heavy atom. The van der Waals surface area contributed by atoms with Crippen LogP contribution in [-0.2, 0) is 61.7 Å². The Kier molecular flexibility index (Phi) is 18.9. The van der Waals surface area contributed by atoms with Crippen LogP contribution in [0.4, 0.5) is 4.79 Å². The summed E-state index contributed by atoms with van der Waals surface area (Å²) in [6, 6.07) is -0.595. The summed E-state index contributed by atoms with van der Waals surface area (Å²) in [6.07, 6.45) is -1.16. The lowest BCUT2D eigenvalue weighted by molar-refractivity contribution is -0.335. The first-order valence-electron chi connectivity index (χ1n) is 29.7. The molecule has 4 aliphatic carbocycles. The molecular weight excluding hydrogens is 1060 g/mol. The summed E-state index contributed by atoms with van der Waals surface area (Å²) >= 11 is 0. The lowest BCUT2D eigenvalue weighted by Gasteiger charge is -2.56. The van der Waals surface area contributed by atoms with Crippen molar-refractivity contribution in [3.05, 3.63) is 58.4 Å². The minimum absolute atomic E-state index is 0.0320. The fourth-order valence-corrected chi connectivity index (χ4v) is 15.7. The van der Waals surface area contributed by atoms with E-state index in [-0.39, 0.29) is 73.7 Å². The largest absolute Gasteiger partial charge is 0.511 e. The number of hydrogen-bond donors (Lipinski definition) is 7. The maximum absolute atomic E-state index is 15.6. The zero-order chi connectivity index (χ0) is 59.7. The molecule has 27 atom stereocenters. The summed E-state index contributed by atoms with van der Waals surface area (Å²) in [5, 5.41) is 60.3. The third-order valence-corrected chi connectivity index (χ3v) is 19.9. The number of alkyl carbamates (subject to hydrolysis) is 1. The van der Waals surface area contributed by atoms with Crippen molar-refractivity contribution >= 4 is 17.8 Å². The third-order valence-electron chi connectivity index (χ3n) is 19.9. The van der Waals surface area contributed by atoms with E-state index in [4.69, 9.17) is 57.8 Å². The van der Waals surface area contributed by atoms with Crippen LogP contribution in [0, 0.1) is 46.8 Å². The fourth-order valence-electron chi connectivity index (χ4n) is 15.7. The van der Waals surface area contributed by atoms with Gasteiger partial charge in [0.2, 0.25) is 5.78 Å². The van der Waals surface area contributed by atoms with Gasteiger partial charge in [0, 0.05) is 67.9 Å². The highest BCUT2D eigenvalue weighted by molar-refractivity contribution is 6.26. The second-order valence-electron chi connectivity index (χ2n) is 25.8. The van der Waals surface area contributed by atoms with Crippen LogP contribution in [0.2, 0.25) is 0 Å². The Morgan fingerprint density at radius 1 is 0.744 bits per heavy atom. The first-order chi connectivity index (χ1) is 38.6. The smallest absolute Gasteiger partial charge is 0.407 e. The van der Waals surface area contributed by atoms with Gasteiger partial charge in [-0.1, -0.05) is 63.6 Å². The minimum Gasteiger partial charge on any atom is -0.511 e. The van der Waals surface area contributed by atoms with Gasteiger partial charge in [0.15, 0.2) is 30.8 Å². The summed E-state index contributed by atoms with van der Waals surface area (Å²) in [7, 11) is 2.79. The number of allylic oxidation sites excluding steroid dienone is 3. The molecule has 0 radical (unpaired) electrons. The second-order valence-corrected chi connectivity index (χ2v) is 25.8. The highest BCUT2D eigenvalue weighted by Gasteiger charge is 2.64. The van der Waals surface area contributed by atoms with E-state index in [1.165, 1.54) is 14.2 Å². The molecule has 9 rings (SSSR count). The molecule has 21 nitrogen and oxygen atoms in total. The van der Waals surface area contributed by atoms with Crippen molar-refractivity contribution in [3.63, 3.8) is 0 Å². The molecule has 6 fully saturated rings. The lowest BCUT2D eigenvalue weighted by Crippen LogP contribution is -2.66. The maximum atomic E-state index is 15.6. The van der Waals surface area contributed by atoms with Crippen LogP contribution in [0.15, 0.2) is 58.4 Å². The quantitative estimate of drug-likeness (QED) is 0.0789. The van der Waals surface area contributed by atoms with Gasteiger partial charge in [-0.15, -0.1) is 0 Å². The number of aliphatic hydroxyl groups excluding tert-OH is 5. The van der Waals surface area contributed by atoms with Crippen molar-refractivity contribution in [2.45, 2.75) is 237 Å². The summed E-state index contributed by atoms with van der Waals surface area (Å²) in [4.78, 5) is 42.6. The molecular formula is C61H92N2O19. The number of aliphatic hydroxyl groups is 5. The van der Waals surface area contributed by atoms with Crippen molar-refractivity contribution in [2.75, 3.05) is 20.8 Å². The first-order valence-corrected chi connectivity index (χ1v) is 29.7. The minimum atomic E-state index is -1.75. The van der Waals surface area contributed by atoms with Crippen LogP contribution in [0.25, 0.3) is 0 Å². The molecule has 0 unspecified atom stereocenters. The van der Waals surface area contributed by atoms with E-state index in [0.717, 1.165) is 5.57 Å². The maximum Gasteiger partial charge on any atom is 0.407 e. The van der Waals surface area contributed by atoms with Gasteiger partial charge < -0.3 is 88.7 Å². The van der Waals surface area contributed by atoms with E-state index >= 15 is 4.79 Å². The number of fused-ring (bicyclic) bond motifs is 4. The number of esters is 1. The first kappa shape index (κ1) is 62.9. The van der Waals surface area contributed by atoms with Crippen LogP contribution in [0.3, 0.4) is 0 Å². The third kappa shape index (κ3) is 11.8. The average molecular weight is 1160 g/mol. The van der Waals surface area contributed by atoms with Crippen molar-refractivity contribution < 1.29 is 92.0 Å². The van der Waals surface area contributed by atoms with Crippen LogP contribution in [0.5, 0.6) is 0 Å². The molecule has 0 aromatic heterocycles. The number of nitrogens with one attached hydrogen (secondary N) is 1. The van der Waals surface area contributed by atoms with Crippen molar-refractivity contribution in [3.8, 4) is 0 Å². The predicted octanol–water partition coefficient (Wildman–Crippen LogP) is 5.25. The zero-order valence-electron chi connectivity index (χ0n) is 49.9. The SMILES string of the molecule is COC(=O)N[C@H]1[C@H](C)O[C@@H](O[C@H]2C/C=C(\C)[C@@H]3C=C[C@@H]4[C@@H](O[C@H]5C[C@@H](O[C@H]6C[C@@H](O)[C@@H](O[C@@H]7C[C@@H](O)[C@@H](OC)[C@H](C)O7)[C@H](C)O6)[C@@H](O)[C@H](C)O5)[C@@H](C)C[C@H](C)[C@H]4[C@]3(C)/C(O)=C3/C(=O)O[C@]4(C[C@@H](C)C(CO)=C[C@H]4/C=C/2C)C3=O)C[C@]1(C)N. The average Bonchev–Trinajstić information content (AvgIpc) is 3.56. The van der Waals surface area contributed by atoms with Crippen LogP contribution in [0.1, 0.15) is 121 Å². The normalized spacial score (nSPS) is 50.3. The highest BCUT2D eigenvalue weighted by Crippen LogP contribution is 2.61. The number of amides is 1. The van der Waals surface area contributed by atoms with Crippen LogP contribution in [-0.4, -0.2) is 180 Å². The van der Waals surface area contributed by atoms with E-state index < -0.39 is 157 Å². The van der Waals surface area contributed by atoms with Gasteiger partial charge >= 0.3 is 12.1 Å². The van der Waals surface area contributed by atoms with Crippen LogP contribution < -0.4 is 11.1 Å². The number of Topliss-reactive ketones (excluding diaryl/α,β-unsaturated/α-hetero) is 1. The van der Waals surface area contributed by atoms with Gasteiger partial charge in [0.25, 0.3) is 0 Å². The van der Waals surface area contributed by atoms with E-state index in [0.29, 0.717) is 24.0 Å². The number of ether oxygens (including phenoxy) is 11. The molecule has 5 heterocycles. The Labute approximate surface area is 482 Å². The van der Waals surface area contributed by atoms with E-state index in [1.807, 2.05) is 47.6 Å². The Morgan fingerprint density at radius 2 is 1.37 bits per heavy atom. The number of rotatable bonds is 11. The zero-order valence-corrected chi connectivity index (χ0v) is 49.9. The molecule has 5 saturated heterocycles. The van der Waals surface area contributed by atoms with Gasteiger partial charge in [0.05, 0.1) is 74.7 Å². The predicted molar refractivity (Wildman–Crippen MR) is 295 cm³/mol. The highest BCUT2D eigenvalue weighted by atomic mass is 16.7. The van der Waals surface area contributed by atoms with Gasteiger partial charge in [-0.3, -0.25) is 4.79 Å². The Bertz CT molecular complexity index is 2490. The Hall–Kier alpha value is -3.65. The van der Waals surface area contributed by atoms with E-state index in [1.54, 1.807) is 26.8 Å². The van der Waals surface area contributed by atoms with E-state index in [9.17, 15) is 35.1 Å². The second kappa shape index (κ2) is 24.6. The molecule has 82 heavy (non-hydrogen) atoms. The fraction of sp³-hybridized carbons (Fsp3) is 0.787. The number of ketones is 1. The molecule has 0 aromatic carbocycles. The molecule has 21 heteroatoms. The molecule has 460 valence electrons. The summed E-state index contributed by atoms with van der Waals surface area (Å²) in [5.74, 6) is -4.54. The molecule has 2 bridgehead atoms. The molecule has 1 amide bonds. The van der Waals surface area contributed by atoms with Crippen molar-refractivity contribution in [2.24, 2.45) is 52.6 Å². The molecule has 8 N–H and O–H groups in total. The molecule has 5 aliphatic heterocycles. The van der Waals surface area contributed by atoms with Gasteiger partial charge in [-0.05, 0) is 96.1 Å². The number of carbonyl (C=O) groups is 3. The summed E-state index contributed by atoms with van der Waals surface area (Å²) < 4.78 is 68.4. The summed E-state index contributed by atoms with van der Waals surface area (Å²) in [5.41, 5.74) is 4.75. The monoisotopic (exact) mass is 1160 g/mol. The Balaban J connectivity index is 1.00. The van der Waals surface area contributed by atoms with Gasteiger partial charge in [-0.25, -0.2) is 9.59 Å². The number of nitrogens with two attached hydrogens (primary N) is 1. The molecule has 0 aromatic rings. The molecule has 9 aliphatic rings. The summed E-state index contributed by atoms with van der Waals surface area (Å²) in [6.45, 7) is 20.6. The molecule has 1 saturated carbocycles. The number of hydrogen-bond acceptors (Lipinski definition) is 20. The van der Waals surface area contributed by atoms with Gasteiger partial charge in [-0.2, -0.15) is 0 Å². The molecule has 1 spiro atoms. The number of carbonyl (C=O) groups excluding carboxylic acids is 3. The standard InChI is InChI=1S/C61H92N2O19/c1-27-14-17-42(78-47-25-59(10,62)54(35(9)77-47)63-58(71)73-13)28(2)19-37-20-36(26-64)31(5)24-61(37)56(69)48(57(70)82-61)55(68)60(11)39(27)16-15-38-49(60)29(3)18-30(4)51(38)80-46-23-43(50(67)32(6)74-46)79-44-22-41(66)53(34(8)76-44)81-45-21-40(65)52(72-12)33(7)75-45/h14-16,19-20,29-35,37-47,49-54,64-68H,17-18,21-26,62H2,1-13H3,(H,63,71)/b27-14+,28-19+,55-48-/t29-,30-,31+,32-,33-,34-,35-,37+,38-,39-,40+,41+,42-,43+,44-,45+,46-,47-,49+,50-,51-,52-,53-,54-,59-,60+,61-/m0/s1. The van der Waals surface area contributed by atoms with Crippen molar-refractivity contribution in [1.82, 2.24) is 5.32 Å². The van der Waals surface area contributed by atoms with Crippen LogP contribution >= 0.6 is 0 Å². The lowest BCUT2D eigenvalue weighted by atomic mass is 9.49. The van der Waals surface area contributed by atoms with E-state index in [2.05, 4.69) is 37.4 Å². The topological polar surface area (TPSA) is 292 Å².